The highest BCUT2D eigenvalue weighted by molar-refractivity contribution is 7.89. The third kappa shape index (κ3) is 4.11. The Morgan fingerprint density at radius 1 is 1.29 bits per heavy atom. The molecule has 1 saturated heterocycles. The second-order valence-electron chi connectivity index (χ2n) is 5.22. The Balaban J connectivity index is 2.36. The van der Waals surface area contributed by atoms with Gasteiger partial charge in [-0.25, -0.2) is 8.42 Å². The zero-order valence-electron chi connectivity index (χ0n) is 12.0. The maximum Gasteiger partial charge on any atom is 0.243 e. The summed E-state index contributed by atoms with van der Waals surface area (Å²) < 4.78 is 27.4. The van der Waals surface area contributed by atoms with Crippen molar-refractivity contribution in [1.29, 1.82) is 0 Å². The van der Waals surface area contributed by atoms with E-state index >= 15 is 0 Å². The van der Waals surface area contributed by atoms with Crippen LogP contribution in [0.4, 0.5) is 0 Å². The third-order valence-electron chi connectivity index (χ3n) is 3.56. The molecule has 1 aromatic rings. The maximum atomic E-state index is 12.9. The fourth-order valence-electron chi connectivity index (χ4n) is 2.61. The van der Waals surface area contributed by atoms with Gasteiger partial charge in [-0.05, 0) is 44.0 Å². The van der Waals surface area contributed by atoms with Gasteiger partial charge in [0.15, 0.2) is 0 Å². The fraction of sp³-hybridized carbons (Fsp3) is 0.571. The average Bonchev–Trinajstić information content (AvgIpc) is 2.44. The Labute approximate surface area is 136 Å². The zero-order valence-corrected chi connectivity index (χ0v) is 14.3. The lowest BCUT2D eigenvalue weighted by atomic mass is 10.1. The molecule has 1 unspecified atom stereocenters. The van der Waals surface area contributed by atoms with Crippen molar-refractivity contribution in [1.82, 2.24) is 9.62 Å². The van der Waals surface area contributed by atoms with E-state index in [1.807, 2.05) is 6.92 Å². The van der Waals surface area contributed by atoms with Crippen LogP contribution in [0.15, 0.2) is 23.1 Å². The first-order chi connectivity index (χ1) is 9.95. The number of hydrogen-bond acceptors (Lipinski definition) is 3. The number of nitrogens with one attached hydrogen (secondary N) is 1. The molecule has 1 fully saturated rings. The van der Waals surface area contributed by atoms with Gasteiger partial charge in [-0.15, -0.1) is 0 Å². The first-order valence-corrected chi connectivity index (χ1v) is 9.33. The van der Waals surface area contributed by atoms with E-state index in [0.717, 1.165) is 25.8 Å². The van der Waals surface area contributed by atoms with Gasteiger partial charge in [-0.1, -0.05) is 30.1 Å². The molecule has 1 aliphatic heterocycles. The molecule has 1 heterocycles. The first kappa shape index (κ1) is 17.0. The highest BCUT2D eigenvalue weighted by atomic mass is 35.5. The van der Waals surface area contributed by atoms with E-state index in [-0.39, 0.29) is 10.9 Å². The highest BCUT2D eigenvalue weighted by Gasteiger charge is 2.32. The molecule has 0 spiro atoms. The number of hydrogen-bond donors (Lipinski definition) is 1. The number of piperidine rings is 1. The van der Waals surface area contributed by atoms with Crippen LogP contribution in [-0.4, -0.2) is 38.4 Å². The summed E-state index contributed by atoms with van der Waals surface area (Å²) in [5.41, 5.74) is 0. The van der Waals surface area contributed by atoms with E-state index in [4.69, 9.17) is 23.2 Å². The van der Waals surface area contributed by atoms with E-state index in [9.17, 15) is 8.42 Å². The molecule has 0 amide bonds. The molecular weight excluding hydrogens is 331 g/mol. The number of benzene rings is 1. The molecule has 0 saturated carbocycles. The quantitative estimate of drug-likeness (QED) is 0.887. The van der Waals surface area contributed by atoms with Crippen LogP contribution in [0.5, 0.6) is 0 Å². The lowest BCUT2D eigenvalue weighted by molar-refractivity contribution is 0.266. The monoisotopic (exact) mass is 350 g/mol. The van der Waals surface area contributed by atoms with Crippen molar-refractivity contribution in [3.05, 3.63) is 28.2 Å². The molecule has 21 heavy (non-hydrogen) atoms. The van der Waals surface area contributed by atoms with Gasteiger partial charge < -0.3 is 5.32 Å². The van der Waals surface area contributed by atoms with Crippen molar-refractivity contribution >= 4 is 33.2 Å². The summed E-state index contributed by atoms with van der Waals surface area (Å²) in [4.78, 5) is 0.166. The number of nitrogens with zero attached hydrogens (tertiary/aromatic N) is 1. The number of rotatable bonds is 5. The fourth-order valence-corrected chi connectivity index (χ4v) is 5.08. The highest BCUT2D eigenvalue weighted by Crippen LogP contribution is 2.27. The Morgan fingerprint density at radius 3 is 2.48 bits per heavy atom. The molecule has 0 radical (unpaired) electrons. The summed E-state index contributed by atoms with van der Waals surface area (Å²) in [6.45, 7) is 4.11. The Bertz CT molecular complexity index is 566. The summed E-state index contributed by atoms with van der Waals surface area (Å²) in [7, 11) is -3.58. The van der Waals surface area contributed by atoms with Gasteiger partial charge in [0.2, 0.25) is 10.0 Å². The van der Waals surface area contributed by atoms with E-state index in [1.165, 1.54) is 18.2 Å². The minimum absolute atomic E-state index is 0.0125. The second-order valence-corrected chi connectivity index (χ2v) is 7.98. The molecule has 0 bridgehead atoms. The predicted molar refractivity (Wildman–Crippen MR) is 86.5 cm³/mol. The van der Waals surface area contributed by atoms with Crippen molar-refractivity contribution in [2.24, 2.45) is 0 Å². The molecule has 4 nitrogen and oxygen atoms in total. The lowest BCUT2D eigenvalue weighted by Gasteiger charge is -2.33. The first-order valence-electron chi connectivity index (χ1n) is 7.14. The van der Waals surface area contributed by atoms with Crippen LogP contribution in [0.3, 0.4) is 0 Å². The van der Waals surface area contributed by atoms with Gasteiger partial charge in [0, 0.05) is 29.2 Å². The van der Waals surface area contributed by atoms with Gasteiger partial charge in [0.05, 0.1) is 4.90 Å². The van der Waals surface area contributed by atoms with Crippen LogP contribution in [-0.2, 0) is 10.0 Å². The van der Waals surface area contributed by atoms with Gasteiger partial charge in [-0.3, -0.25) is 0 Å². The summed E-state index contributed by atoms with van der Waals surface area (Å²) in [6.07, 6.45) is 2.63. The summed E-state index contributed by atoms with van der Waals surface area (Å²) in [5, 5.41) is 3.93. The molecule has 1 aliphatic rings. The van der Waals surface area contributed by atoms with Gasteiger partial charge in [-0.2, -0.15) is 4.31 Å². The van der Waals surface area contributed by atoms with Crippen molar-refractivity contribution in [3.63, 3.8) is 0 Å². The largest absolute Gasteiger partial charge is 0.315 e. The predicted octanol–water partition coefficient (Wildman–Crippen LogP) is 3.15. The van der Waals surface area contributed by atoms with Crippen LogP contribution in [0.1, 0.15) is 26.2 Å². The van der Waals surface area contributed by atoms with E-state index in [0.29, 0.717) is 23.1 Å². The van der Waals surface area contributed by atoms with E-state index in [1.54, 1.807) is 4.31 Å². The van der Waals surface area contributed by atoms with Crippen LogP contribution in [0.2, 0.25) is 10.0 Å². The standard InChI is InChI=1S/C14H20Cl2N2O2S/c1-2-6-18(13-4-3-5-17-10-13)21(19,20)14-8-11(15)7-12(16)9-14/h7-9,13,17H,2-6,10H2,1H3. The molecule has 2 rings (SSSR count). The van der Waals surface area contributed by atoms with Crippen LogP contribution in [0, 0.1) is 0 Å². The van der Waals surface area contributed by atoms with Gasteiger partial charge >= 0.3 is 0 Å². The van der Waals surface area contributed by atoms with Crippen molar-refractivity contribution in [2.45, 2.75) is 37.1 Å². The van der Waals surface area contributed by atoms with Crippen LogP contribution in [0.25, 0.3) is 0 Å². The minimum atomic E-state index is -3.58. The minimum Gasteiger partial charge on any atom is -0.315 e. The number of sulfonamides is 1. The molecule has 1 aromatic carbocycles. The van der Waals surface area contributed by atoms with Crippen molar-refractivity contribution in [3.8, 4) is 0 Å². The average molecular weight is 351 g/mol. The molecule has 1 atom stereocenters. The third-order valence-corrected chi connectivity index (χ3v) is 5.93. The zero-order chi connectivity index (χ0) is 15.5. The van der Waals surface area contributed by atoms with Crippen LogP contribution >= 0.6 is 23.2 Å². The van der Waals surface area contributed by atoms with Gasteiger partial charge in [0.25, 0.3) is 0 Å². The molecule has 0 aromatic heterocycles. The summed E-state index contributed by atoms with van der Waals surface area (Å²) >= 11 is 11.9. The van der Waals surface area contributed by atoms with Crippen LogP contribution < -0.4 is 5.32 Å². The van der Waals surface area contributed by atoms with Crippen molar-refractivity contribution < 1.29 is 8.42 Å². The molecule has 0 aliphatic carbocycles. The molecule has 7 heteroatoms. The number of halogens is 2. The Hall–Kier alpha value is -0.330. The van der Waals surface area contributed by atoms with E-state index < -0.39 is 10.0 Å². The summed E-state index contributed by atoms with van der Waals surface area (Å²) in [5.74, 6) is 0. The summed E-state index contributed by atoms with van der Waals surface area (Å²) in [6, 6.07) is 4.44. The van der Waals surface area contributed by atoms with E-state index in [2.05, 4.69) is 5.32 Å². The van der Waals surface area contributed by atoms with Crippen molar-refractivity contribution in [2.75, 3.05) is 19.6 Å². The van der Waals surface area contributed by atoms with Gasteiger partial charge in [0.1, 0.15) is 0 Å². The Kier molecular flexibility index (Phi) is 5.91. The topological polar surface area (TPSA) is 49.4 Å². The Morgan fingerprint density at radius 2 is 1.95 bits per heavy atom. The lowest BCUT2D eigenvalue weighted by Crippen LogP contribution is -2.48. The SMILES string of the molecule is CCCN(C1CCCNC1)S(=O)(=O)c1cc(Cl)cc(Cl)c1. The molecule has 118 valence electrons. The smallest absolute Gasteiger partial charge is 0.243 e. The molecular formula is C14H20Cl2N2O2S. The maximum absolute atomic E-state index is 12.9. The molecule has 1 N–H and O–H groups in total. The second kappa shape index (κ2) is 7.29. The normalized spacial score (nSPS) is 19.9.